The van der Waals surface area contributed by atoms with Gasteiger partial charge in [-0.05, 0) is 42.7 Å². The number of rotatable bonds is 5. The van der Waals surface area contributed by atoms with Crippen LogP contribution in [0.3, 0.4) is 0 Å². The molecule has 3 heterocycles. The number of thiophene rings is 1. The van der Waals surface area contributed by atoms with Crippen LogP contribution in [0.4, 0.5) is 5.69 Å². The van der Waals surface area contributed by atoms with Crippen molar-refractivity contribution in [3.63, 3.8) is 0 Å². The van der Waals surface area contributed by atoms with Crippen molar-refractivity contribution in [1.82, 2.24) is 9.55 Å². The van der Waals surface area contributed by atoms with Gasteiger partial charge in [0.2, 0.25) is 10.0 Å². The van der Waals surface area contributed by atoms with Gasteiger partial charge in [0.15, 0.2) is 5.78 Å². The van der Waals surface area contributed by atoms with E-state index in [-0.39, 0.29) is 17.9 Å². The fourth-order valence-electron chi connectivity index (χ4n) is 4.34. The maximum atomic E-state index is 13.3. The maximum Gasteiger partial charge on any atom is 0.263 e. The molecule has 9 heteroatoms. The Labute approximate surface area is 195 Å². The monoisotopic (exact) mass is 479 g/mol. The molecule has 1 aliphatic heterocycles. The number of anilines is 1. The Bertz CT molecular complexity index is 1570. The molecule has 0 aliphatic carbocycles. The molecule has 1 aliphatic rings. The lowest BCUT2D eigenvalue weighted by molar-refractivity contribution is 0.0970. The highest BCUT2D eigenvalue weighted by molar-refractivity contribution is 7.92. The molecule has 2 aromatic heterocycles. The first-order valence-electron chi connectivity index (χ1n) is 10.4. The van der Waals surface area contributed by atoms with E-state index in [2.05, 4.69) is 4.98 Å². The Balaban J connectivity index is 1.50. The van der Waals surface area contributed by atoms with Gasteiger partial charge in [0, 0.05) is 22.5 Å². The second kappa shape index (κ2) is 7.93. The molecule has 2 aromatic carbocycles. The summed E-state index contributed by atoms with van der Waals surface area (Å²) in [4.78, 5) is 32.5. The minimum atomic E-state index is -3.35. The van der Waals surface area contributed by atoms with Crippen LogP contribution in [-0.2, 0) is 23.0 Å². The zero-order valence-electron chi connectivity index (χ0n) is 18.1. The van der Waals surface area contributed by atoms with Gasteiger partial charge in [0.05, 0.1) is 30.2 Å². The van der Waals surface area contributed by atoms with Crippen molar-refractivity contribution in [2.75, 3.05) is 17.1 Å². The summed E-state index contributed by atoms with van der Waals surface area (Å²) in [6.45, 7) is 2.19. The highest BCUT2D eigenvalue weighted by atomic mass is 32.2. The molecular formula is C24H21N3O4S2. The Hall–Kier alpha value is -3.30. The summed E-state index contributed by atoms with van der Waals surface area (Å²) >= 11 is 1.46. The minimum Gasteiger partial charge on any atom is -0.292 e. The smallest absolute Gasteiger partial charge is 0.263 e. The number of carbonyl (C=O) groups excluding carboxylic acids is 1. The number of fused-ring (bicyclic) bond motifs is 2. The summed E-state index contributed by atoms with van der Waals surface area (Å²) in [5.74, 6) is -0.230. The van der Waals surface area contributed by atoms with E-state index in [1.807, 2.05) is 37.3 Å². The largest absolute Gasteiger partial charge is 0.292 e. The van der Waals surface area contributed by atoms with Gasteiger partial charge < -0.3 is 0 Å². The number of aryl methyl sites for hydroxylation is 1. The molecule has 168 valence electrons. The Morgan fingerprint density at radius 3 is 2.64 bits per heavy atom. The number of Topliss-reactive ketones (excluding diaryl/α,β-unsaturated/α-hetero) is 1. The second-order valence-corrected chi connectivity index (χ2v) is 11.2. The van der Waals surface area contributed by atoms with E-state index in [9.17, 15) is 18.0 Å². The van der Waals surface area contributed by atoms with E-state index < -0.39 is 10.0 Å². The first kappa shape index (κ1) is 21.5. The first-order valence-corrected chi connectivity index (χ1v) is 13.1. The van der Waals surface area contributed by atoms with E-state index in [0.29, 0.717) is 34.4 Å². The Morgan fingerprint density at radius 1 is 1.15 bits per heavy atom. The number of ketones is 1. The number of hydrogen-bond donors (Lipinski definition) is 0. The van der Waals surface area contributed by atoms with Crippen molar-refractivity contribution in [3.8, 4) is 11.1 Å². The molecule has 5 rings (SSSR count). The predicted octanol–water partition coefficient (Wildman–Crippen LogP) is 3.64. The van der Waals surface area contributed by atoms with Gasteiger partial charge >= 0.3 is 0 Å². The molecule has 4 aromatic rings. The van der Waals surface area contributed by atoms with Crippen LogP contribution < -0.4 is 9.86 Å². The van der Waals surface area contributed by atoms with Crippen LogP contribution in [-0.4, -0.2) is 36.6 Å². The normalized spacial score (nSPS) is 13.5. The van der Waals surface area contributed by atoms with Crippen molar-refractivity contribution in [1.29, 1.82) is 0 Å². The van der Waals surface area contributed by atoms with Crippen LogP contribution in [0.25, 0.3) is 21.3 Å². The molecule has 0 atom stereocenters. The molecule has 0 saturated carbocycles. The van der Waals surface area contributed by atoms with Gasteiger partial charge in [-0.1, -0.05) is 30.3 Å². The molecule has 0 spiro atoms. The fourth-order valence-corrected chi connectivity index (χ4v) is 6.30. The number of hydrogen-bond acceptors (Lipinski definition) is 6. The molecule has 0 amide bonds. The molecular weight excluding hydrogens is 458 g/mol. The van der Waals surface area contributed by atoms with Gasteiger partial charge in [-0.3, -0.25) is 18.5 Å². The number of benzene rings is 2. The average Bonchev–Trinajstić information content (AvgIpc) is 3.36. The molecule has 0 radical (unpaired) electrons. The topological polar surface area (TPSA) is 89.3 Å². The van der Waals surface area contributed by atoms with Gasteiger partial charge in [-0.25, -0.2) is 13.4 Å². The number of carbonyl (C=O) groups is 1. The lowest BCUT2D eigenvalue weighted by Gasteiger charge is -2.16. The molecule has 0 bridgehead atoms. The van der Waals surface area contributed by atoms with Crippen molar-refractivity contribution in [3.05, 3.63) is 81.2 Å². The summed E-state index contributed by atoms with van der Waals surface area (Å²) in [7, 11) is -3.35. The SMILES string of the molecule is Cc1sc2ncn(CC(=O)c3ccc4c(c3)CCN4S(C)(=O)=O)c(=O)c2c1-c1ccccc1. The van der Waals surface area contributed by atoms with Crippen LogP contribution in [0.2, 0.25) is 0 Å². The highest BCUT2D eigenvalue weighted by Crippen LogP contribution is 2.35. The predicted molar refractivity (Wildman–Crippen MR) is 131 cm³/mol. The van der Waals surface area contributed by atoms with Crippen molar-refractivity contribution in [2.24, 2.45) is 0 Å². The van der Waals surface area contributed by atoms with Gasteiger partial charge in [0.25, 0.3) is 5.56 Å². The van der Waals surface area contributed by atoms with Crippen molar-refractivity contribution < 1.29 is 13.2 Å². The standard InChI is InChI=1S/C24H21N3O4S2/c1-15-21(16-6-4-3-5-7-16)22-23(32-15)25-14-26(24(22)29)13-20(28)18-8-9-19-17(12-18)10-11-27(19)33(2,30)31/h3-9,12,14H,10-11,13H2,1-2H3. The van der Waals surface area contributed by atoms with Crippen LogP contribution in [0.5, 0.6) is 0 Å². The first-order chi connectivity index (χ1) is 15.7. The van der Waals surface area contributed by atoms with Crippen molar-refractivity contribution in [2.45, 2.75) is 19.9 Å². The zero-order chi connectivity index (χ0) is 23.3. The summed E-state index contributed by atoms with van der Waals surface area (Å²) in [5.41, 5.74) is 3.41. The van der Waals surface area contributed by atoms with Crippen LogP contribution in [0.15, 0.2) is 59.7 Å². The maximum absolute atomic E-state index is 13.3. The van der Waals surface area contributed by atoms with E-state index in [1.165, 1.54) is 32.8 Å². The van der Waals surface area contributed by atoms with E-state index in [1.54, 1.807) is 18.2 Å². The zero-order valence-corrected chi connectivity index (χ0v) is 19.7. The van der Waals surface area contributed by atoms with E-state index >= 15 is 0 Å². The van der Waals surface area contributed by atoms with Gasteiger partial charge in [-0.15, -0.1) is 11.3 Å². The fraction of sp³-hybridized carbons (Fsp3) is 0.208. The van der Waals surface area contributed by atoms with E-state index in [4.69, 9.17) is 0 Å². The Morgan fingerprint density at radius 2 is 1.91 bits per heavy atom. The van der Waals surface area contributed by atoms with E-state index in [0.717, 1.165) is 21.6 Å². The van der Waals surface area contributed by atoms with Crippen LogP contribution in [0.1, 0.15) is 20.8 Å². The van der Waals surface area contributed by atoms with Crippen LogP contribution in [0, 0.1) is 6.92 Å². The lowest BCUT2D eigenvalue weighted by atomic mass is 10.0. The number of sulfonamides is 1. The van der Waals surface area contributed by atoms with Gasteiger partial charge in [0.1, 0.15) is 4.83 Å². The molecule has 7 nitrogen and oxygen atoms in total. The molecule has 33 heavy (non-hydrogen) atoms. The average molecular weight is 480 g/mol. The summed E-state index contributed by atoms with van der Waals surface area (Å²) < 4.78 is 26.6. The molecule has 0 saturated heterocycles. The summed E-state index contributed by atoms with van der Waals surface area (Å²) in [6, 6.07) is 14.7. The highest BCUT2D eigenvalue weighted by Gasteiger charge is 2.27. The van der Waals surface area contributed by atoms with Crippen molar-refractivity contribution >= 4 is 43.0 Å². The molecule has 0 fully saturated rings. The molecule has 0 unspecified atom stereocenters. The third kappa shape index (κ3) is 3.77. The molecule has 0 N–H and O–H groups in total. The third-order valence-electron chi connectivity index (χ3n) is 5.89. The van der Waals surface area contributed by atoms with Gasteiger partial charge in [-0.2, -0.15) is 0 Å². The summed E-state index contributed by atoms with van der Waals surface area (Å²) in [5, 5.41) is 0.525. The Kier molecular flexibility index (Phi) is 5.18. The van der Waals surface area contributed by atoms with Crippen LogP contribution >= 0.6 is 11.3 Å². The quantitative estimate of drug-likeness (QED) is 0.408. The summed E-state index contributed by atoms with van der Waals surface area (Å²) in [6.07, 6.45) is 3.14. The second-order valence-electron chi connectivity index (χ2n) is 8.11. The lowest BCUT2D eigenvalue weighted by Crippen LogP contribution is -2.27. The minimum absolute atomic E-state index is 0.139. The third-order valence-corrected chi connectivity index (χ3v) is 8.08. The number of aromatic nitrogens is 2. The number of nitrogens with zero attached hydrogens (tertiary/aromatic N) is 3.